The van der Waals surface area contributed by atoms with Crippen molar-refractivity contribution < 1.29 is 14.6 Å². The van der Waals surface area contributed by atoms with E-state index in [1.165, 1.54) is 0 Å². The Kier molecular flexibility index (Phi) is 7.37. The van der Waals surface area contributed by atoms with E-state index in [2.05, 4.69) is 10.6 Å². The van der Waals surface area contributed by atoms with Crippen molar-refractivity contribution in [1.29, 1.82) is 0 Å². The van der Waals surface area contributed by atoms with E-state index < -0.39 is 6.10 Å². The molecule has 0 aromatic carbocycles. The number of aliphatic hydroxyl groups excluding tert-OH is 1. The van der Waals surface area contributed by atoms with Crippen molar-refractivity contribution in [3.8, 4) is 0 Å². The van der Waals surface area contributed by atoms with Crippen LogP contribution in [0.25, 0.3) is 0 Å². The smallest absolute Gasteiger partial charge is 0.234 e. The van der Waals surface area contributed by atoms with Gasteiger partial charge in [0, 0.05) is 19.7 Å². The molecule has 0 aliphatic heterocycles. The second-order valence-electron chi connectivity index (χ2n) is 3.40. The highest BCUT2D eigenvalue weighted by Gasteiger charge is 2.06. The Labute approximate surface area is 84.8 Å². The van der Waals surface area contributed by atoms with Crippen molar-refractivity contribution in [3.63, 3.8) is 0 Å². The molecule has 5 nitrogen and oxygen atoms in total. The number of hydrogen-bond donors (Lipinski definition) is 3. The summed E-state index contributed by atoms with van der Waals surface area (Å²) in [6.07, 6.45) is -0.431. The zero-order valence-electron chi connectivity index (χ0n) is 9.04. The molecule has 0 rings (SSSR count). The summed E-state index contributed by atoms with van der Waals surface area (Å²) >= 11 is 0. The second-order valence-corrected chi connectivity index (χ2v) is 3.40. The van der Waals surface area contributed by atoms with Gasteiger partial charge in [0.2, 0.25) is 5.91 Å². The van der Waals surface area contributed by atoms with Crippen LogP contribution in [0.4, 0.5) is 0 Å². The van der Waals surface area contributed by atoms with Gasteiger partial charge in [-0.2, -0.15) is 0 Å². The number of ether oxygens (including phenoxy) is 1. The molecule has 0 bridgehead atoms. The lowest BCUT2D eigenvalue weighted by Gasteiger charge is -2.13. The number of rotatable bonds is 7. The summed E-state index contributed by atoms with van der Waals surface area (Å²) in [6, 6.07) is 0.0147. The van der Waals surface area contributed by atoms with Gasteiger partial charge in [-0.05, 0) is 13.8 Å². The molecule has 0 heterocycles. The Morgan fingerprint density at radius 1 is 1.50 bits per heavy atom. The molecule has 0 saturated heterocycles. The Morgan fingerprint density at radius 2 is 2.14 bits per heavy atom. The normalized spacial score (nSPS) is 14.9. The number of carbonyl (C=O) groups is 1. The lowest BCUT2D eigenvalue weighted by Crippen LogP contribution is -2.42. The standard InChI is InChI=1S/C9H20N2O3/c1-7(6-14-3)11-9(13)5-10-4-8(2)12/h7-8,10,12H,4-6H2,1-3H3,(H,11,13). The lowest BCUT2D eigenvalue weighted by molar-refractivity contribution is -0.121. The molecule has 0 saturated carbocycles. The molecular weight excluding hydrogens is 184 g/mol. The minimum absolute atomic E-state index is 0.0147. The molecule has 1 amide bonds. The quantitative estimate of drug-likeness (QED) is 0.503. The van der Waals surface area contributed by atoms with Crippen LogP contribution in [0.5, 0.6) is 0 Å². The van der Waals surface area contributed by atoms with E-state index in [4.69, 9.17) is 9.84 Å². The first-order valence-corrected chi connectivity index (χ1v) is 4.73. The zero-order chi connectivity index (χ0) is 11.0. The minimum Gasteiger partial charge on any atom is -0.392 e. The summed E-state index contributed by atoms with van der Waals surface area (Å²) in [5.74, 6) is -0.0878. The van der Waals surface area contributed by atoms with Gasteiger partial charge in [-0.25, -0.2) is 0 Å². The maximum absolute atomic E-state index is 11.2. The molecule has 2 atom stereocenters. The van der Waals surface area contributed by atoms with Crippen LogP contribution in [0.1, 0.15) is 13.8 Å². The molecule has 3 N–H and O–H groups in total. The highest BCUT2D eigenvalue weighted by atomic mass is 16.5. The van der Waals surface area contributed by atoms with Gasteiger partial charge >= 0.3 is 0 Å². The minimum atomic E-state index is -0.431. The molecular formula is C9H20N2O3. The fourth-order valence-corrected chi connectivity index (χ4v) is 1.01. The zero-order valence-corrected chi connectivity index (χ0v) is 9.04. The summed E-state index contributed by atoms with van der Waals surface area (Å²) in [5, 5.41) is 14.5. The van der Waals surface area contributed by atoms with Crippen molar-refractivity contribution in [2.75, 3.05) is 26.8 Å². The third-order valence-electron chi connectivity index (χ3n) is 1.55. The van der Waals surface area contributed by atoms with E-state index in [0.29, 0.717) is 13.2 Å². The molecule has 5 heteroatoms. The number of carbonyl (C=O) groups excluding carboxylic acids is 1. The maximum atomic E-state index is 11.2. The van der Waals surface area contributed by atoms with Crippen LogP contribution in [-0.4, -0.2) is 50.0 Å². The van der Waals surface area contributed by atoms with E-state index in [1.807, 2.05) is 6.92 Å². The number of amides is 1. The monoisotopic (exact) mass is 204 g/mol. The maximum Gasteiger partial charge on any atom is 0.234 e. The van der Waals surface area contributed by atoms with Gasteiger partial charge in [-0.1, -0.05) is 0 Å². The van der Waals surface area contributed by atoms with Crippen molar-refractivity contribution in [2.24, 2.45) is 0 Å². The number of hydrogen-bond acceptors (Lipinski definition) is 4. The van der Waals surface area contributed by atoms with E-state index in [0.717, 1.165) is 0 Å². The van der Waals surface area contributed by atoms with Crippen LogP contribution < -0.4 is 10.6 Å². The molecule has 0 aromatic heterocycles. The van der Waals surface area contributed by atoms with Gasteiger partial charge in [0.05, 0.1) is 19.3 Å². The Morgan fingerprint density at radius 3 is 2.64 bits per heavy atom. The van der Waals surface area contributed by atoms with Crippen LogP contribution in [-0.2, 0) is 9.53 Å². The largest absolute Gasteiger partial charge is 0.392 e. The predicted octanol–water partition coefficient (Wildman–Crippen LogP) is -0.892. The van der Waals surface area contributed by atoms with Crippen LogP contribution >= 0.6 is 0 Å². The Bertz CT molecular complexity index is 162. The third kappa shape index (κ3) is 7.97. The van der Waals surface area contributed by atoms with Crippen molar-refractivity contribution in [2.45, 2.75) is 26.0 Å². The van der Waals surface area contributed by atoms with E-state index in [9.17, 15) is 4.79 Å². The lowest BCUT2D eigenvalue weighted by atomic mass is 10.3. The highest BCUT2D eigenvalue weighted by molar-refractivity contribution is 5.78. The van der Waals surface area contributed by atoms with Gasteiger partial charge in [0.1, 0.15) is 0 Å². The first kappa shape index (κ1) is 13.4. The molecule has 14 heavy (non-hydrogen) atoms. The summed E-state index contributed by atoms with van der Waals surface area (Å²) in [7, 11) is 1.59. The fourth-order valence-electron chi connectivity index (χ4n) is 1.01. The van der Waals surface area contributed by atoms with Crippen LogP contribution in [0.3, 0.4) is 0 Å². The summed E-state index contributed by atoms with van der Waals surface area (Å²) in [5.41, 5.74) is 0. The molecule has 0 fully saturated rings. The average molecular weight is 204 g/mol. The van der Waals surface area contributed by atoms with Gasteiger partial charge in [-0.3, -0.25) is 4.79 Å². The van der Waals surface area contributed by atoms with Crippen LogP contribution in [0.2, 0.25) is 0 Å². The number of methoxy groups -OCH3 is 1. The molecule has 0 aliphatic rings. The number of nitrogens with one attached hydrogen (secondary N) is 2. The molecule has 2 unspecified atom stereocenters. The number of aliphatic hydroxyl groups is 1. The SMILES string of the molecule is COCC(C)NC(=O)CNCC(C)O. The summed E-state index contributed by atoms with van der Waals surface area (Å²) < 4.78 is 4.87. The van der Waals surface area contributed by atoms with Gasteiger partial charge in [-0.15, -0.1) is 0 Å². The molecule has 0 spiro atoms. The van der Waals surface area contributed by atoms with Crippen molar-refractivity contribution in [1.82, 2.24) is 10.6 Å². The predicted molar refractivity (Wildman–Crippen MR) is 54.0 cm³/mol. The third-order valence-corrected chi connectivity index (χ3v) is 1.55. The van der Waals surface area contributed by atoms with Gasteiger partial charge in [0.15, 0.2) is 0 Å². The Balaban J connectivity index is 3.45. The highest BCUT2D eigenvalue weighted by Crippen LogP contribution is 1.81. The first-order valence-electron chi connectivity index (χ1n) is 4.73. The molecule has 0 aliphatic carbocycles. The van der Waals surface area contributed by atoms with Gasteiger partial charge < -0.3 is 20.5 Å². The second kappa shape index (κ2) is 7.73. The van der Waals surface area contributed by atoms with Crippen LogP contribution in [0, 0.1) is 0 Å². The topological polar surface area (TPSA) is 70.6 Å². The Hall–Kier alpha value is -0.650. The van der Waals surface area contributed by atoms with Gasteiger partial charge in [0.25, 0.3) is 0 Å². The summed E-state index contributed by atoms with van der Waals surface area (Å²) in [4.78, 5) is 11.2. The first-order chi connectivity index (χ1) is 6.56. The molecule has 0 aromatic rings. The van der Waals surface area contributed by atoms with E-state index >= 15 is 0 Å². The van der Waals surface area contributed by atoms with Crippen molar-refractivity contribution >= 4 is 5.91 Å². The average Bonchev–Trinajstić information content (AvgIpc) is 2.03. The van der Waals surface area contributed by atoms with Crippen molar-refractivity contribution in [3.05, 3.63) is 0 Å². The van der Waals surface area contributed by atoms with E-state index in [-0.39, 0.29) is 18.5 Å². The molecule has 0 radical (unpaired) electrons. The summed E-state index contributed by atoms with van der Waals surface area (Å²) in [6.45, 7) is 4.68. The molecule has 84 valence electrons. The van der Waals surface area contributed by atoms with E-state index in [1.54, 1.807) is 14.0 Å². The van der Waals surface area contributed by atoms with Crippen LogP contribution in [0.15, 0.2) is 0 Å². The fraction of sp³-hybridized carbons (Fsp3) is 0.889.